The van der Waals surface area contributed by atoms with Crippen LogP contribution in [0.1, 0.15) is 25.7 Å². The Bertz CT molecular complexity index is 636. The highest BCUT2D eigenvalue weighted by Crippen LogP contribution is 2.38. The van der Waals surface area contributed by atoms with Gasteiger partial charge in [-0.15, -0.1) is 0 Å². The molecule has 0 atom stereocenters. The van der Waals surface area contributed by atoms with Gasteiger partial charge in [-0.2, -0.15) is 0 Å². The van der Waals surface area contributed by atoms with Crippen LogP contribution in [-0.2, 0) is 4.79 Å². The number of carboxylic acids is 1. The van der Waals surface area contributed by atoms with Gasteiger partial charge >= 0.3 is 5.97 Å². The Kier molecular flexibility index (Phi) is 3.26. The monoisotopic (exact) mass is 271 g/mol. The molecule has 0 amide bonds. The zero-order chi connectivity index (χ0) is 14.0. The molecule has 1 aromatic carbocycles. The zero-order valence-corrected chi connectivity index (χ0v) is 11.2. The number of rotatable bonds is 4. The molecule has 3 rings (SSSR count). The molecule has 1 saturated carbocycles. The van der Waals surface area contributed by atoms with Crippen LogP contribution in [0.2, 0.25) is 0 Å². The SMILES string of the molecule is O=C(O)C1(CNc2ncc3ccccc3n2)CCCC1. The summed E-state index contributed by atoms with van der Waals surface area (Å²) in [4.78, 5) is 20.1. The second kappa shape index (κ2) is 5.07. The molecule has 0 aliphatic heterocycles. The number of nitrogens with one attached hydrogen (secondary N) is 1. The van der Waals surface area contributed by atoms with Gasteiger partial charge in [-0.1, -0.05) is 31.0 Å². The third-order valence-corrected chi connectivity index (χ3v) is 4.09. The zero-order valence-electron chi connectivity index (χ0n) is 11.2. The topological polar surface area (TPSA) is 75.1 Å². The maximum atomic E-state index is 11.5. The van der Waals surface area contributed by atoms with E-state index in [2.05, 4.69) is 15.3 Å². The van der Waals surface area contributed by atoms with E-state index in [1.807, 2.05) is 24.3 Å². The van der Waals surface area contributed by atoms with Gasteiger partial charge in [0, 0.05) is 18.1 Å². The van der Waals surface area contributed by atoms with Crippen molar-refractivity contribution in [2.75, 3.05) is 11.9 Å². The summed E-state index contributed by atoms with van der Waals surface area (Å²) < 4.78 is 0. The number of hydrogen-bond acceptors (Lipinski definition) is 4. The number of carbonyl (C=O) groups is 1. The van der Waals surface area contributed by atoms with Gasteiger partial charge in [-0.3, -0.25) is 4.79 Å². The van der Waals surface area contributed by atoms with E-state index in [9.17, 15) is 9.90 Å². The third kappa shape index (κ3) is 2.31. The Morgan fingerprint density at radius 1 is 1.30 bits per heavy atom. The minimum atomic E-state index is -0.719. The van der Waals surface area contributed by atoms with Gasteiger partial charge in [-0.25, -0.2) is 9.97 Å². The number of para-hydroxylation sites is 1. The van der Waals surface area contributed by atoms with Gasteiger partial charge in [0.05, 0.1) is 10.9 Å². The molecule has 0 bridgehead atoms. The average Bonchev–Trinajstić information content (AvgIpc) is 2.95. The van der Waals surface area contributed by atoms with Crippen LogP contribution in [0.25, 0.3) is 10.9 Å². The molecule has 1 aliphatic carbocycles. The molecule has 0 radical (unpaired) electrons. The fourth-order valence-electron chi connectivity index (χ4n) is 2.82. The normalized spacial score (nSPS) is 17.2. The van der Waals surface area contributed by atoms with Crippen LogP contribution in [0, 0.1) is 5.41 Å². The Morgan fingerprint density at radius 2 is 2.05 bits per heavy atom. The van der Waals surface area contributed by atoms with Gasteiger partial charge < -0.3 is 10.4 Å². The first kappa shape index (κ1) is 12.8. The predicted octanol–water partition coefficient (Wildman–Crippen LogP) is 2.69. The molecule has 2 N–H and O–H groups in total. The van der Waals surface area contributed by atoms with E-state index in [4.69, 9.17) is 0 Å². The van der Waals surface area contributed by atoms with Crippen LogP contribution < -0.4 is 5.32 Å². The lowest BCUT2D eigenvalue weighted by atomic mass is 9.86. The lowest BCUT2D eigenvalue weighted by Crippen LogP contribution is -2.35. The maximum absolute atomic E-state index is 11.5. The van der Waals surface area contributed by atoms with E-state index in [-0.39, 0.29) is 0 Å². The van der Waals surface area contributed by atoms with Crippen LogP contribution in [-0.4, -0.2) is 27.6 Å². The number of carboxylic acid groups (broad SMARTS) is 1. The first-order valence-corrected chi connectivity index (χ1v) is 6.89. The molecule has 2 aromatic rings. The smallest absolute Gasteiger partial charge is 0.311 e. The molecule has 20 heavy (non-hydrogen) atoms. The summed E-state index contributed by atoms with van der Waals surface area (Å²) in [5.74, 6) is -0.223. The fourth-order valence-corrected chi connectivity index (χ4v) is 2.82. The van der Waals surface area contributed by atoms with E-state index >= 15 is 0 Å². The highest BCUT2D eigenvalue weighted by atomic mass is 16.4. The first-order chi connectivity index (χ1) is 9.70. The Balaban J connectivity index is 1.77. The Hall–Kier alpha value is -2.17. The van der Waals surface area contributed by atoms with E-state index < -0.39 is 11.4 Å². The molecule has 1 aliphatic rings. The predicted molar refractivity (Wildman–Crippen MR) is 76.6 cm³/mol. The first-order valence-electron chi connectivity index (χ1n) is 6.89. The number of anilines is 1. The highest BCUT2D eigenvalue weighted by Gasteiger charge is 2.41. The van der Waals surface area contributed by atoms with Gasteiger partial charge in [0.1, 0.15) is 0 Å². The Labute approximate surface area is 117 Å². The van der Waals surface area contributed by atoms with Crippen molar-refractivity contribution >= 4 is 22.8 Å². The summed E-state index contributed by atoms with van der Waals surface area (Å²) in [7, 11) is 0. The maximum Gasteiger partial charge on any atom is 0.311 e. The van der Waals surface area contributed by atoms with Crippen molar-refractivity contribution in [2.45, 2.75) is 25.7 Å². The molecular weight excluding hydrogens is 254 g/mol. The standard InChI is InChI=1S/C15H17N3O2/c19-13(20)15(7-3-4-8-15)10-17-14-16-9-11-5-1-2-6-12(11)18-14/h1-2,5-6,9H,3-4,7-8,10H2,(H,19,20)(H,16,17,18). The van der Waals surface area contributed by atoms with Crippen molar-refractivity contribution in [3.05, 3.63) is 30.5 Å². The quantitative estimate of drug-likeness (QED) is 0.894. The summed E-state index contributed by atoms with van der Waals surface area (Å²) >= 11 is 0. The molecule has 104 valence electrons. The number of nitrogens with zero attached hydrogens (tertiary/aromatic N) is 2. The fraction of sp³-hybridized carbons (Fsp3) is 0.400. The second-order valence-electron chi connectivity index (χ2n) is 5.40. The number of hydrogen-bond donors (Lipinski definition) is 2. The molecular formula is C15H17N3O2. The van der Waals surface area contributed by atoms with E-state index in [1.54, 1.807) is 6.20 Å². The minimum Gasteiger partial charge on any atom is -0.481 e. The van der Waals surface area contributed by atoms with Gasteiger partial charge in [0.25, 0.3) is 0 Å². The number of fused-ring (bicyclic) bond motifs is 1. The van der Waals surface area contributed by atoms with Crippen molar-refractivity contribution in [3.63, 3.8) is 0 Å². The van der Waals surface area contributed by atoms with E-state index in [0.717, 1.165) is 36.6 Å². The van der Waals surface area contributed by atoms with E-state index in [0.29, 0.717) is 12.5 Å². The lowest BCUT2D eigenvalue weighted by molar-refractivity contribution is -0.147. The van der Waals surface area contributed by atoms with Crippen LogP contribution in [0.4, 0.5) is 5.95 Å². The molecule has 5 heteroatoms. The summed E-state index contributed by atoms with van der Waals surface area (Å²) in [6.45, 7) is 0.390. The van der Waals surface area contributed by atoms with Crippen molar-refractivity contribution < 1.29 is 9.90 Å². The van der Waals surface area contributed by atoms with Crippen LogP contribution >= 0.6 is 0 Å². The van der Waals surface area contributed by atoms with Crippen molar-refractivity contribution in [3.8, 4) is 0 Å². The van der Waals surface area contributed by atoms with Crippen LogP contribution in [0.15, 0.2) is 30.5 Å². The van der Waals surface area contributed by atoms with Crippen LogP contribution in [0.5, 0.6) is 0 Å². The molecule has 0 saturated heterocycles. The summed E-state index contributed by atoms with van der Waals surface area (Å²) in [6.07, 6.45) is 5.16. The number of aliphatic carboxylic acids is 1. The highest BCUT2D eigenvalue weighted by molar-refractivity contribution is 5.78. The number of aromatic nitrogens is 2. The van der Waals surface area contributed by atoms with Crippen LogP contribution in [0.3, 0.4) is 0 Å². The molecule has 0 unspecified atom stereocenters. The van der Waals surface area contributed by atoms with Gasteiger partial charge in [-0.05, 0) is 18.9 Å². The van der Waals surface area contributed by atoms with Crippen molar-refractivity contribution in [1.29, 1.82) is 0 Å². The number of benzene rings is 1. The van der Waals surface area contributed by atoms with Gasteiger partial charge in [0.15, 0.2) is 0 Å². The average molecular weight is 271 g/mol. The summed E-state index contributed by atoms with van der Waals surface area (Å²) in [6, 6.07) is 7.74. The molecule has 1 fully saturated rings. The largest absolute Gasteiger partial charge is 0.481 e. The molecule has 0 spiro atoms. The molecule has 1 heterocycles. The van der Waals surface area contributed by atoms with Crippen molar-refractivity contribution in [2.24, 2.45) is 5.41 Å². The third-order valence-electron chi connectivity index (χ3n) is 4.09. The lowest BCUT2D eigenvalue weighted by Gasteiger charge is -2.23. The minimum absolute atomic E-state index is 0.390. The second-order valence-corrected chi connectivity index (χ2v) is 5.40. The molecule has 5 nitrogen and oxygen atoms in total. The van der Waals surface area contributed by atoms with E-state index in [1.165, 1.54) is 0 Å². The van der Waals surface area contributed by atoms with Gasteiger partial charge in [0.2, 0.25) is 5.95 Å². The Morgan fingerprint density at radius 3 is 2.80 bits per heavy atom. The van der Waals surface area contributed by atoms with Crippen molar-refractivity contribution in [1.82, 2.24) is 9.97 Å². The summed E-state index contributed by atoms with van der Waals surface area (Å²) in [5.41, 5.74) is 0.204. The summed E-state index contributed by atoms with van der Waals surface area (Å²) in [5, 5.41) is 13.5. The molecule has 1 aromatic heterocycles.